The molecule has 0 spiro atoms. The van der Waals surface area contributed by atoms with Crippen molar-refractivity contribution in [1.29, 1.82) is 0 Å². The number of methoxy groups -OCH3 is 1. The van der Waals surface area contributed by atoms with Crippen molar-refractivity contribution in [2.24, 2.45) is 0 Å². The number of amides is 1. The van der Waals surface area contributed by atoms with Gasteiger partial charge in [0.15, 0.2) is 0 Å². The summed E-state index contributed by atoms with van der Waals surface area (Å²) in [6.07, 6.45) is 0.905. The van der Waals surface area contributed by atoms with Gasteiger partial charge in [-0.3, -0.25) is 4.79 Å². The van der Waals surface area contributed by atoms with Crippen LogP contribution in [0.2, 0.25) is 0 Å². The Kier molecular flexibility index (Phi) is 10.6. The molecule has 0 bridgehead atoms. The summed E-state index contributed by atoms with van der Waals surface area (Å²) in [5.74, 6) is 0.928. The average molecular weight is 606 g/mol. The minimum absolute atomic E-state index is 0.269. The largest absolute Gasteiger partial charge is 0.493 e. The zero-order chi connectivity index (χ0) is 31.4. The number of aryl methyl sites for hydroxylation is 1. The van der Waals surface area contributed by atoms with Gasteiger partial charge in [0.05, 0.1) is 31.4 Å². The van der Waals surface area contributed by atoms with Gasteiger partial charge in [0.1, 0.15) is 29.8 Å². The summed E-state index contributed by atoms with van der Waals surface area (Å²) in [6, 6.07) is 30.9. The van der Waals surface area contributed by atoms with Gasteiger partial charge in [-0.1, -0.05) is 54.6 Å². The van der Waals surface area contributed by atoms with Crippen molar-refractivity contribution in [2.75, 3.05) is 20.3 Å². The summed E-state index contributed by atoms with van der Waals surface area (Å²) in [7, 11) is 1.30. The molecular formula is C36H35N3O6. The van der Waals surface area contributed by atoms with Gasteiger partial charge in [-0.25, -0.2) is 14.8 Å². The van der Waals surface area contributed by atoms with Crippen LogP contribution in [0.1, 0.15) is 33.6 Å². The lowest BCUT2D eigenvalue weighted by molar-refractivity contribution is -0.142. The maximum atomic E-state index is 13.0. The van der Waals surface area contributed by atoms with Gasteiger partial charge in [-0.15, -0.1) is 0 Å². The summed E-state index contributed by atoms with van der Waals surface area (Å²) in [6.45, 7) is 3.18. The highest BCUT2D eigenvalue weighted by Crippen LogP contribution is 2.19. The van der Waals surface area contributed by atoms with Crippen molar-refractivity contribution in [3.05, 3.63) is 126 Å². The summed E-state index contributed by atoms with van der Waals surface area (Å²) in [5.41, 5.74) is 4.68. The minimum atomic E-state index is -0.856. The van der Waals surface area contributed by atoms with Crippen molar-refractivity contribution in [3.63, 3.8) is 0 Å². The molecule has 0 aliphatic heterocycles. The number of carbonyl (C=O) groups is 2. The molecule has 0 aliphatic carbocycles. The van der Waals surface area contributed by atoms with Gasteiger partial charge in [0.2, 0.25) is 5.88 Å². The summed E-state index contributed by atoms with van der Waals surface area (Å²) >= 11 is 0. The second-order valence-electron chi connectivity index (χ2n) is 10.3. The molecule has 1 amide bonds. The SMILES string of the molecule is COC(=O)C(Cc1ccc(OCc2ccccc2)cc1)NC(=O)c1ccc(OCCCOc2nc3ccccc3nc2C)cc1. The van der Waals surface area contributed by atoms with E-state index < -0.39 is 12.0 Å². The van der Waals surface area contributed by atoms with Gasteiger partial charge in [0.25, 0.3) is 5.91 Å². The highest BCUT2D eigenvalue weighted by molar-refractivity contribution is 5.97. The number of hydrogen-bond donors (Lipinski definition) is 1. The smallest absolute Gasteiger partial charge is 0.328 e. The quantitative estimate of drug-likeness (QED) is 0.124. The van der Waals surface area contributed by atoms with Crippen LogP contribution in [0.4, 0.5) is 0 Å². The van der Waals surface area contributed by atoms with Gasteiger partial charge in [-0.2, -0.15) is 0 Å². The molecule has 230 valence electrons. The fourth-order valence-corrected chi connectivity index (χ4v) is 4.60. The van der Waals surface area contributed by atoms with Gasteiger partial charge in [-0.05, 0) is 66.6 Å². The molecule has 9 nitrogen and oxygen atoms in total. The van der Waals surface area contributed by atoms with Crippen LogP contribution in [0.3, 0.4) is 0 Å². The molecule has 1 atom stereocenters. The predicted molar refractivity (Wildman–Crippen MR) is 171 cm³/mol. The molecular weight excluding hydrogens is 570 g/mol. The number of aromatic nitrogens is 2. The maximum Gasteiger partial charge on any atom is 0.328 e. The predicted octanol–water partition coefficient (Wildman–Crippen LogP) is 5.88. The number of hydrogen-bond acceptors (Lipinski definition) is 8. The second-order valence-corrected chi connectivity index (χ2v) is 10.3. The van der Waals surface area contributed by atoms with Crippen molar-refractivity contribution < 1.29 is 28.5 Å². The number of esters is 1. The van der Waals surface area contributed by atoms with E-state index in [-0.39, 0.29) is 12.3 Å². The zero-order valence-electron chi connectivity index (χ0n) is 25.3. The van der Waals surface area contributed by atoms with Crippen molar-refractivity contribution in [2.45, 2.75) is 32.4 Å². The van der Waals surface area contributed by atoms with Crippen LogP contribution in [-0.2, 0) is 22.6 Å². The van der Waals surface area contributed by atoms with E-state index >= 15 is 0 Å². The van der Waals surface area contributed by atoms with Crippen molar-refractivity contribution in [3.8, 4) is 17.4 Å². The Hall–Kier alpha value is -5.44. The Balaban J connectivity index is 1.08. The maximum absolute atomic E-state index is 13.0. The summed E-state index contributed by atoms with van der Waals surface area (Å²) in [5, 5.41) is 2.79. The normalized spacial score (nSPS) is 11.4. The van der Waals surface area contributed by atoms with E-state index in [1.165, 1.54) is 7.11 Å². The average Bonchev–Trinajstić information content (AvgIpc) is 3.08. The lowest BCUT2D eigenvalue weighted by Gasteiger charge is -2.17. The summed E-state index contributed by atoms with van der Waals surface area (Å²) in [4.78, 5) is 34.6. The van der Waals surface area contributed by atoms with Crippen LogP contribution in [-0.4, -0.2) is 48.2 Å². The zero-order valence-corrected chi connectivity index (χ0v) is 25.3. The minimum Gasteiger partial charge on any atom is -0.493 e. The third-order valence-corrected chi connectivity index (χ3v) is 7.02. The fourth-order valence-electron chi connectivity index (χ4n) is 4.60. The van der Waals surface area contributed by atoms with Crippen LogP contribution in [0.15, 0.2) is 103 Å². The molecule has 0 aliphatic rings. The van der Waals surface area contributed by atoms with E-state index in [0.29, 0.717) is 49.2 Å². The van der Waals surface area contributed by atoms with Crippen molar-refractivity contribution >= 4 is 22.9 Å². The van der Waals surface area contributed by atoms with Crippen LogP contribution >= 0.6 is 0 Å². The monoisotopic (exact) mass is 605 g/mol. The Labute approximate surface area is 262 Å². The first kappa shape index (κ1) is 31.0. The number of fused-ring (bicyclic) bond motifs is 1. The summed E-state index contributed by atoms with van der Waals surface area (Å²) < 4.78 is 22.4. The molecule has 9 heteroatoms. The van der Waals surface area contributed by atoms with E-state index in [0.717, 1.165) is 27.9 Å². The Morgan fingerprint density at radius 3 is 2.04 bits per heavy atom. The molecule has 1 N–H and O–H groups in total. The van der Waals surface area contributed by atoms with Gasteiger partial charge in [0, 0.05) is 18.4 Å². The Morgan fingerprint density at radius 2 is 1.33 bits per heavy atom. The fraction of sp³-hybridized carbons (Fsp3) is 0.222. The van der Waals surface area contributed by atoms with E-state index in [9.17, 15) is 9.59 Å². The molecule has 4 aromatic carbocycles. The van der Waals surface area contributed by atoms with E-state index in [2.05, 4.69) is 15.3 Å². The first-order valence-corrected chi connectivity index (χ1v) is 14.7. The molecule has 1 heterocycles. The highest BCUT2D eigenvalue weighted by atomic mass is 16.5. The molecule has 0 radical (unpaired) electrons. The first-order chi connectivity index (χ1) is 22.0. The van der Waals surface area contributed by atoms with Crippen LogP contribution < -0.4 is 19.5 Å². The number of carbonyl (C=O) groups excluding carboxylic acids is 2. The Bertz CT molecular complexity index is 1710. The van der Waals surface area contributed by atoms with E-state index in [1.54, 1.807) is 24.3 Å². The molecule has 0 fully saturated rings. The Morgan fingerprint density at radius 1 is 0.711 bits per heavy atom. The standard InChI is InChI=1S/C36H35N3O6/c1-25-35(39-32-12-7-6-11-31(32)37-25)44-22-8-21-43-29-19-15-28(16-20-29)34(40)38-33(36(41)42-2)23-26-13-17-30(18-14-26)45-24-27-9-4-3-5-10-27/h3-7,9-20,33H,8,21-24H2,1-2H3,(H,38,40). The molecule has 1 unspecified atom stereocenters. The molecule has 45 heavy (non-hydrogen) atoms. The number of ether oxygens (including phenoxy) is 4. The van der Waals surface area contributed by atoms with Gasteiger partial charge < -0.3 is 24.3 Å². The number of rotatable bonds is 14. The number of benzene rings is 4. The lowest BCUT2D eigenvalue weighted by Crippen LogP contribution is -2.43. The van der Waals surface area contributed by atoms with Crippen LogP contribution in [0, 0.1) is 6.92 Å². The lowest BCUT2D eigenvalue weighted by atomic mass is 10.0. The third kappa shape index (κ3) is 8.79. The highest BCUT2D eigenvalue weighted by Gasteiger charge is 2.23. The molecule has 1 aromatic heterocycles. The van der Waals surface area contributed by atoms with E-state index in [1.807, 2.05) is 85.8 Å². The van der Waals surface area contributed by atoms with Crippen LogP contribution in [0.5, 0.6) is 17.4 Å². The second kappa shape index (κ2) is 15.3. The molecule has 0 saturated carbocycles. The molecule has 0 saturated heterocycles. The molecule has 5 rings (SSSR count). The van der Waals surface area contributed by atoms with Crippen LogP contribution in [0.25, 0.3) is 11.0 Å². The van der Waals surface area contributed by atoms with Crippen molar-refractivity contribution in [1.82, 2.24) is 15.3 Å². The first-order valence-electron chi connectivity index (χ1n) is 14.7. The third-order valence-electron chi connectivity index (χ3n) is 7.02. The topological polar surface area (TPSA) is 109 Å². The van der Waals surface area contributed by atoms with E-state index in [4.69, 9.17) is 18.9 Å². The number of nitrogens with one attached hydrogen (secondary N) is 1. The number of nitrogens with zero attached hydrogens (tertiary/aromatic N) is 2. The number of para-hydroxylation sites is 2. The van der Waals surface area contributed by atoms with Gasteiger partial charge >= 0.3 is 5.97 Å². The molecule has 5 aromatic rings.